The highest BCUT2D eigenvalue weighted by Gasteiger charge is 2.06. The largest absolute Gasteiger partial charge is 0.383 e. The molecule has 0 fully saturated rings. The summed E-state index contributed by atoms with van der Waals surface area (Å²) in [6.45, 7) is 8.36. The van der Waals surface area contributed by atoms with E-state index in [0.717, 1.165) is 6.54 Å². The van der Waals surface area contributed by atoms with E-state index < -0.39 is 0 Å². The number of methoxy groups -OCH3 is 1. The molecule has 4 nitrogen and oxygen atoms in total. The zero-order chi connectivity index (χ0) is 11.7. The van der Waals surface area contributed by atoms with E-state index in [1.807, 2.05) is 0 Å². The Bertz CT molecular complexity index is 172. The molecule has 15 heavy (non-hydrogen) atoms. The summed E-state index contributed by atoms with van der Waals surface area (Å²) in [5, 5.41) is 6.09. The molecule has 0 aromatic rings. The van der Waals surface area contributed by atoms with E-state index in [1.165, 1.54) is 0 Å². The Hall–Kier alpha value is -0.610. The summed E-state index contributed by atoms with van der Waals surface area (Å²) in [6, 6.07) is 0.455. The quantitative estimate of drug-likeness (QED) is 0.589. The maximum atomic E-state index is 11.3. The Morgan fingerprint density at radius 1 is 1.27 bits per heavy atom. The van der Waals surface area contributed by atoms with Crippen LogP contribution in [-0.2, 0) is 9.53 Å². The summed E-state index contributed by atoms with van der Waals surface area (Å²) in [5.41, 5.74) is 0. The van der Waals surface area contributed by atoms with E-state index >= 15 is 0 Å². The fraction of sp³-hybridized carbons (Fsp3) is 0.909. The molecule has 0 rings (SSSR count). The maximum Gasteiger partial charge on any atom is 0.221 e. The highest BCUT2D eigenvalue weighted by Crippen LogP contribution is 1.98. The Morgan fingerprint density at radius 3 is 2.47 bits per heavy atom. The Morgan fingerprint density at radius 2 is 1.93 bits per heavy atom. The van der Waals surface area contributed by atoms with Gasteiger partial charge in [-0.25, -0.2) is 0 Å². The van der Waals surface area contributed by atoms with Gasteiger partial charge in [-0.05, 0) is 12.8 Å². The van der Waals surface area contributed by atoms with Crippen molar-refractivity contribution >= 4 is 5.91 Å². The molecule has 1 unspecified atom stereocenters. The molecule has 4 heteroatoms. The molecule has 0 spiro atoms. The van der Waals surface area contributed by atoms with Gasteiger partial charge in [-0.15, -0.1) is 0 Å². The van der Waals surface area contributed by atoms with Crippen LogP contribution in [0.1, 0.15) is 27.2 Å². The molecular weight excluding hydrogens is 192 g/mol. The molecule has 0 aliphatic carbocycles. The fourth-order valence-corrected chi connectivity index (χ4v) is 1.03. The first kappa shape index (κ1) is 14.4. The number of hydrogen-bond acceptors (Lipinski definition) is 3. The van der Waals surface area contributed by atoms with Gasteiger partial charge >= 0.3 is 0 Å². The molecule has 0 saturated heterocycles. The summed E-state index contributed by atoms with van der Waals surface area (Å²) in [6.07, 6.45) is 0.529. The molecule has 0 aliphatic heterocycles. The van der Waals surface area contributed by atoms with Crippen molar-refractivity contribution in [3.05, 3.63) is 0 Å². The van der Waals surface area contributed by atoms with Crippen LogP contribution in [-0.4, -0.2) is 38.8 Å². The number of carbonyl (C=O) groups is 1. The summed E-state index contributed by atoms with van der Waals surface area (Å²) in [7, 11) is 1.62. The van der Waals surface area contributed by atoms with Crippen LogP contribution >= 0.6 is 0 Å². The molecule has 0 bridgehead atoms. The predicted octanol–water partition coefficient (Wildman–Crippen LogP) is 0.773. The number of amides is 1. The third-order valence-corrected chi connectivity index (χ3v) is 2.45. The summed E-state index contributed by atoms with van der Waals surface area (Å²) >= 11 is 0. The molecule has 0 aliphatic rings. The van der Waals surface area contributed by atoms with Gasteiger partial charge in [0.15, 0.2) is 0 Å². The second-order valence-corrected chi connectivity index (χ2v) is 4.08. The molecule has 0 saturated carbocycles. The van der Waals surface area contributed by atoms with Gasteiger partial charge < -0.3 is 15.4 Å². The number of nitrogens with one attached hydrogen (secondary N) is 2. The first-order valence-electron chi connectivity index (χ1n) is 5.57. The number of carbonyl (C=O) groups excluding carboxylic acids is 1. The Kier molecular flexibility index (Phi) is 8.33. The van der Waals surface area contributed by atoms with E-state index in [4.69, 9.17) is 4.74 Å². The number of ether oxygens (including phenoxy) is 1. The van der Waals surface area contributed by atoms with Gasteiger partial charge in [0.05, 0.1) is 6.61 Å². The van der Waals surface area contributed by atoms with E-state index in [-0.39, 0.29) is 5.91 Å². The van der Waals surface area contributed by atoms with Crippen molar-refractivity contribution in [3.63, 3.8) is 0 Å². The Labute approximate surface area is 92.8 Å². The lowest BCUT2D eigenvalue weighted by atomic mass is 10.1. The van der Waals surface area contributed by atoms with Gasteiger partial charge in [0.1, 0.15) is 0 Å². The van der Waals surface area contributed by atoms with Crippen molar-refractivity contribution in [2.45, 2.75) is 33.2 Å². The van der Waals surface area contributed by atoms with Crippen LogP contribution in [0, 0.1) is 5.92 Å². The summed E-state index contributed by atoms with van der Waals surface area (Å²) in [5.74, 6) is 0.678. The lowest BCUT2D eigenvalue weighted by Gasteiger charge is -2.17. The number of rotatable bonds is 8. The summed E-state index contributed by atoms with van der Waals surface area (Å²) < 4.78 is 4.84. The third-order valence-electron chi connectivity index (χ3n) is 2.45. The molecule has 2 N–H and O–H groups in total. The maximum absolute atomic E-state index is 11.3. The normalized spacial score (nSPS) is 12.9. The van der Waals surface area contributed by atoms with Gasteiger partial charge in [-0.3, -0.25) is 4.79 Å². The zero-order valence-corrected chi connectivity index (χ0v) is 10.3. The molecule has 90 valence electrons. The van der Waals surface area contributed by atoms with Crippen molar-refractivity contribution in [3.8, 4) is 0 Å². The smallest absolute Gasteiger partial charge is 0.221 e. The van der Waals surface area contributed by atoms with Crippen LogP contribution in [0.15, 0.2) is 0 Å². The second kappa shape index (κ2) is 8.68. The van der Waals surface area contributed by atoms with Crippen LogP contribution < -0.4 is 10.6 Å². The molecule has 0 heterocycles. The van der Waals surface area contributed by atoms with Crippen LogP contribution in [0.4, 0.5) is 0 Å². The highest BCUT2D eigenvalue weighted by atomic mass is 16.5. The lowest BCUT2D eigenvalue weighted by molar-refractivity contribution is -0.121. The van der Waals surface area contributed by atoms with Crippen LogP contribution in [0.3, 0.4) is 0 Å². The molecule has 1 atom stereocenters. The first-order valence-corrected chi connectivity index (χ1v) is 5.57. The van der Waals surface area contributed by atoms with Crippen molar-refractivity contribution in [2.75, 3.05) is 26.8 Å². The minimum atomic E-state index is 0.0792. The van der Waals surface area contributed by atoms with Crippen molar-refractivity contribution in [2.24, 2.45) is 5.92 Å². The lowest BCUT2D eigenvalue weighted by Crippen LogP contribution is -2.35. The van der Waals surface area contributed by atoms with E-state index in [1.54, 1.807) is 7.11 Å². The minimum Gasteiger partial charge on any atom is -0.383 e. The molecule has 0 aromatic carbocycles. The average Bonchev–Trinajstić information content (AvgIpc) is 2.18. The molecular formula is C11H24N2O2. The predicted molar refractivity (Wildman–Crippen MR) is 61.8 cm³/mol. The molecule has 0 radical (unpaired) electrons. The van der Waals surface area contributed by atoms with Gasteiger partial charge in [0, 0.05) is 32.7 Å². The van der Waals surface area contributed by atoms with E-state index in [0.29, 0.717) is 31.5 Å². The van der Waals surface area contributed by atoms with E-state index in [2.05, 4.69) is 31.4 Å². The van der Waals surface area contributed by atoms with Crippen LogP contribution in [0.5, 0.6) is 0 Å². The van der Waals surface area contributed by atoms with Gasteiger partial charge in [0.2, 0.25) is 5.91 Å². The average molecular weight is 216 g/mol. The molecule has 1 amide bonds. The monoisotopic (exact) mass is 216 g/mol. The number of hydrogen-bond donors (Lipinski definition) is 2. The van der Waals surface area contributed by atoms with Gasteiger partial charge in [0.25, 0.3) is 0 Å². The second-order valence-electron chi connectivity index (χ2n) is 4.08. The van der Waals surface area contributed by atoms with E-state index in [9.17, 15) is 4.79 Å². The van der Waals surface area contributed by atoms with Crippen LogP contribution in [0.25, 0.3) is 0 Å². The molecule has 0 aromatic heterocycles. The SMILES string of the molecule is COCCNC(=O)CCNC(C)C(C)C. The fourth-order valence-electron chi connectivity index (χ4n) is 1.03. The Balaban J connectivity index is 3.38. The topological polar surface area (TPSA) is 50.4 Å². The first-order chi connectivity index (χ1) is 7.07. The van der Waals surface area contributed by atoms with Crippen molar-refractivity contribution < 1.29 is 9.53 Å². The third kappa shape index (κ3) is 8.39. The highest BCUT2D eigenvalue weighted by molar-refractivity contribution is 5.76. The standard InChI is InChI=1S/C11H24N2O2/c1-9(2)10(3)12-6-5-11(14)13-7-8-15-4/h9-10,12H,5-8H2,1-4H3,(H,13,14). The van der Waals surface area contributed by atoms with Crippen molar-refractivity contribution in [1.29, 1.82) is 0 Å². The van der Waals surface area contributed by atoms with Crippen LogP contribution in [0.2, 0.25) is 0 Å². The zero-order valence-electron chi connectivity index (χ0n) is 10.3. The minimum absolute atomic E-state index is 0.0792. The van der Waals surface area contributed by atoms with Crippen molar-refractivity contribution in [1.82, 2.24) is 10.6 Å². The summed E-state index contributed by atoms with van der Waals surface area (Å²) in [4.78, 5) is 11.3. The van der Waals surface area contributed by atoms with Gasteiger partial charge in [-0.1, -0.05) is 13.8 Å². The van der Waals surface area contributed by atoms with Gasteiger partial charge in [-0.2, -0.15) is 0 Å².